The van der Waals surface area contributed by atoms with Gasteiger partial charge in [0.2, 0.25) is 5.91 Å². The first kappa shape index (κ1) is 22.5. The first-order valence-corrected chi connectivity index (χ1v) is 10.6. The molecule has 164 valence electrons. The Morgan fingerprint density at radius 2 is 1.71 bits per heavy atom. The maximum absolute atomic E-state index is 13.1. The minimum absolute atomic E-state index is 0.0928. The molecular formula is C25H30N2O4. The zero-order valence-corrected chi connectivity index (χ0v) is 18.6. The highest BCUT2D eigenvalue weighted by atomic mass is 16.5. The van der Waals surface area contributed by atoms with Gasteiger partial charge in [-0.2, -0.15) is 0 Å². The molecule has 0 aliphatic carbocycles. The van der Waals surface area contributed by atoms with Gasteiger partial charge in [0.15, 0.2) is 6.10 Å². The molecule has 1 atom stereocenters. The Morgan fingerprint density at radius 3 is 2.26 bits per heavy atom. The van der Waals surface area contributed by atoms with Crippen molar-refractivity contribution < 1.29 is 19.1 Å². The van der Waals surface area contributed by atoms with E-state index in [9.17, 15) is 14.4 Å². The van der Waals surface area contributed by atoms with Crippen LogP contribution < -0.4 is 4.90 Å². The van der Waals surface area contributed by atoms with Gasteiger partial charge in [-0.3, -0.25) is 9.59 Å². The number of ether oxygens (including phenoxy) is 1. The van der Waals surface area contributed by atoms with Crippen molar-refractivity contribution in [1.29, 1.82) is 0 Å². The molecule has 0 bridgehead atoms. The smallest absolute Gasteiger partial charge is 0.338 e. The minimum atomic E-state index is -0.921. The molecule has 1 aliphatic heterocycles. The van der Waals surface area contributed by atoms with Crippen molar-refractivity contribution in [3.63, 3.8) is 0 Å². The summed E-state index contributed by atoms with van der Waals surface area (Å²) in [5, 5.41) is 0. The second-order valence-corrected chi connectivity index (χ2v) is 8.82. The van der Waals surface area contributed by atoms with Crippen LogP contribution >= 0.6 is 0 Å². The Labute approximate surface area is 183 Å². The molecule has 0 saturated carbocycles. The van der Waals surface area contributed by atoms with Gasteiger partial charge in [-0.05, 0) is 63.9 Å². The molecule has 0 aromatic heterocycles. The van der Waals surface area contributed by atoms with Crippen LogP contribution in [0, 0.1) is 0 Å². The highest BCUT2D eigenvalue weighted by molar-refractivity contribution is 5.96. The SMILES string of the molecule is C[C@@H](OC(=O)c1ccc(N2CCCC2=O)cc1)C(=O)N(Cc1ccccc1)C(C)(C)C. The van der Waals surface area contributed by atoms with Crippen molar-refractivity contribution in [2.75, 3.05) is 11.4 Å². The Bertz CT molecular complexity index is 932. The molecular weight excluding hydrogens is 392 g/mol. The molecule has 3 rings (SSSR count). The van der Waals surface area contributed by atoms with Crippen molar-refractivity contribution in [2.24, 2.45) is 0 Å². The predicted octanol–water partition coefficient (Wildman–Crippen LogP) is 4.19. The lowest BCUT2D eigenvalue weighted by atomic mass is 10.0. The van der Waals surface area contributed by atoms with Crippen molar-refractivity contribution in [3.05, 3.63) is 65.7 Å². The Kier molecular flexibility index (Phi) is 6.78. The normalized spacial score (nSPS) is 15.0. The van der Waals surface area contributed by atoms with E-state index in [2.05, 4.69) is 0 Å². The molecule has 1 fully saturated rings. The average molecular weight is 423 g/mol. The van der Waals surface area contributed by atoms with Crippen LogP contribution in [0.5, 0.6) is 0 Å². The zero-order valence-electron chi connectivity index (χ0n) is 18.6. The summed E-state index contributed by atoms with van der Waals surface area (Å²) in [4.78, 5) is 41.1. The monoisotopic (exact) mass is 422 g/mol. The highest BCUT2D eigenvalue weighted by Crippen LogP contribution is 2.23. The largest absolute Gasteiger partial charge is 0.449 e. The van der Waals surface area contributed by atoms with Gasteiger partial charge in [0, 0.05) is 30.7 Å². The predicted molar refractivity (Wildman–Crippen MR) is 120 cm³/mol. The summed E-state index contributed by atoms with van der Waals surface area (Å²) in [6.07, 6.45) is 0.474. The van der Waals surface area contributed by atoms with Crippen LogP contribution in [0.1, 0.15) is 56.5 Å². The first-order chi connectivity index (χ1) is 14.7. The molecule has 6 nitrogen and oxygen atoms in total. The molecule has 2 aromatic carbocycles. The van der Waals surface area contributed by atoms with Crippen molar-refractivity contribution in [2.45, 2.75) is 58.7 Å². The molecule has 1 heterocycles. The molecule has 2 aromatic rings. The number of hydrogen-bond donors (Lipinski definition) is 0. The molecule has 0 radical (unpaired) electrons. The van der Waals surface area contributed by atoms with E-state index < -0.39 is 17.6 Å². The molecule has 2 amide bonds. The number of hydrogen-bond acceptors (Lipinski definition) is 4. The molecule has 31 heavy (non-hydrogen) atoms. The quantitative estimate of drug-likeness (QED) is 0.655. The number of carbonyl (C=O) groups excluding carboxylic acids is 3. The summed E-state index contributed by atoms with van der Waals surface area (Å²) < 4.78 is 5.49. The van der Waals surface area contributed by atoms with E-state index in [1.807, 2.05) is 51.1 Å². The van der Waals surface area contributed by atoms with Crippen LogP contribution in [0.4, 0.5) is 5.69 Å². The fourth-order valence-corrected chi connectivity index (χ4v) is 3.61. The van der Waals surface area contributed by atoms with Gasteiger partial charge in [-0.15, -0.1) is 0 Å². The number of anilines is 1. The van der Waals surface area contributed by atoms with Crippen molar-refractivity contribution in [3.8, 4) is 0 Å². The fraction of sp³-hybridized carbons (Fsp3) is 0.400. The topological polar surface area (TPSA) is 66.9 Å². The van der Waals surface area contributed by atoms with Gasteiger partial charge >= 0.3 is 5.97 Å². The van der Waals surface area contributed by atoms with Crippen LogP contribution in [-0.4, -0.2) is 40.9 Å². The van der Waals surface area contributed by atoms with Crippen LogP contribution in [0.3, 0.4) is 0 Å². The van der Waals surface area contributed by atoms with Crippen LogP contribution in [0.25, 0.3) is 0 Å². The number of esters is 1. The fourth-order valence-electron chi connectivity index (χ4n) is 3.61. The van der Waals surface area contributed by atoms with Crippen LogP contribution in [0.15, 0.2) is 54.6 Å². The maximum Gasteiger partial charge on any atom is 0.338 e. The molecule has 1 aliphatic rings. The number of amides is 2. The van der Waals surface area contributed by atoms with Gasteiger partial charge < -0.3 is 14.5 Å². The standard InChI is InChI=1S/C25H30N2O4/c1-18(23(29)27(25(2,3)4)17-19-9-6-5-7-10-19)31-24(30)20-12-14-21(15-13-20)26-16-8-11-22(26)28/h5-7,9-10,12-15,18H,8,11,16-17H2,1-4H3/t18-/m1/s1. The maximum atomic E-state index is 13.1. The third-order valence-electron chi connectivity index (χ3n) is 5.38. The molecule has 0 unspecified atom stereocenters. The average Bonchev–Trinajstić information content (AvgIpc) is 3.17. The number of carbonyl (C=O) groups is 3. The zero-order chi connectivity index (χ0) is 22.6. The minimum Gasteiger partial charge on any atom is -0.449 e. The van der Waals surface area contributed by atoms with E-state index in [1.165, 1.54) is 0 Å². The van der Waals surface area contributed by atoms with Crippen LogP contribution in [-0.2, 0) is 20.9 Å². The third kappa shape index (κ3) is 5.51. The number of nitrogens with zero attached hydrogens (tertiary/aromatic N) is 2. The first-order valence-electron chi connectivity index (χ1n) is 10.6. The summed E-state index contributed by atoms with van der Waals surface area (Å²) in [7, 11) is 0. The van der Waals surface area contributed by atoms with Gasteiger partial charge in [0.05, 0.1) is 5.56 Å². The van der Waals surface area contributed by atoms with E-state index in [1.54, 1.807) is 41.0 Å². The summed E-state index contributed by atoms with van der Waals surface area (Å²) in [5.74, 6) is -0.715. The highest BCUT2D eigenvalue weighted by Gasteiger charge is 2.32. The molecule has 0 spiro atoms. The van der Waals surface area contributed by atoms with Crippen LogP contribution in [0.2, 0.25) is 0 Å². The van der Waals surface area contributed by atoms with Crippen molar-refractivity contribution >= 4 is 23.5 Å². The third-order valence-corrected chi connectivity index (χ3v) is 5.38. The summed E-state index contributed by atoms with van der Waals surface area (Å²) in [5.41, 5.74) is 1.69. The Balaban J connectivity index is 1.67. The van der Waals surface area contributed by atoms with E-state index in [4.69, 9.17) is 4.74 Å². The second-order valence-electron chi connectivity index (χ2n) is 8.82. The molecule has 1 saturated heterocycles. The summed E-state index contributed by atoms with van der Waals surface area (Å²) >= 11 is 0. The van der Waals surface area contributed by atoms with E-state index in [0.29, 0.717) is 25.1 Å². The summed E-state index contributed by atoms with van der Waals surface area (Å²) in [6.45, 7) is 8.60. The summed E-state index contributed by atoms with van der Waals surface area (Å²) in [6, 6.07) is 16.5. The Hall–Kier alpha value is -3.15. The van der Waals surface area contributed by atoms with Crippen molar-refractivity contribution in [1.82, 2.24) is 4.90 Å². The molecule has 0 N–H and O–H groups in total. The van der Waals surface area contributed by atoms with E-state index >= 15 is 0 Å². The lowest BCUT2D eigenvalue weighted by Crippen LogP contribution is -2.49. The number of rotatable bonds is 6. The lowest BCUT2D eigenvalue weighted by molar-refractivity contribution is -0.145. The number of benzene rings is 2. The Morgan fingerprint density at radius 1 is 1.06 bits per heavy atom. The van der Waals surface area contributed by atoms with Gasteiger partial charge in [-0.25, -0.2) is 4.79 Å². The van der Waals surface area contributed by atoms with E-state index in [0.717, 1.165) is 17.7 Å². The molecule has 6 heteroatoms. The second kappa shape index (κ2) is 9.33. The van der Waals surface area contributed by atoms with Gasteiger partial charge in [0.1, 0.15) is 0 Å². The van der Waals surface area contributed by atoms with Gasteiger partial charge in [0.25, 0.3) is 5.91 Å². The van der Waals surface area contributed by atoms with E-state index in [-0.39, 0.29) is 11.8 Å². The lowest BCUT2D eigenvalue weighted by Gasteiger charge is -2.37. The van der Waals surface area contributed by atoms with Gasteiger partial charge in [-0.1, -0.05) is 30.3 Å².